The van der Waals surface area contributed by atoms with E-state index in [9.17, 15) is 9.59 Å². The second-order valence-electron chi connectivity index (χ2n) is 6.58. The molecule has 1 aliphatic rings. The number of hydrogen-bond acceptors (Lipinski definition) is 6. The van der Waals surface area contributed by atoms with Gasteiger partial charge in [0.15, 0.2) is 5.82 Å². The third-order valence-corrected chi connectivity index (χ3v) is 4.67. The van der Waals surface area contributed by atoms with E-state index in [-0.39, 0.29) is 11.9 Å². The lowest BCUT2D eigenvalue weighted by atomic mass is 10.1. The SMILES string of the molecule is C=CC(=O)Nc1ccccc1Nc1nc(N)ncc1Cl.CCC(=O)N1CCCCC1. The molecule has 160 valence electrons. The van der Waals surface area contributed by atoms with Crippen molar-refractivity contribution in [1.82, 2.24) is 14.9 Å². The molecule has 30 heavy (non-hydrogen) atoms. The molecule has 4 N–H and O–H groups in total. The number of amides is 2. The molecule has 1 aromatic heterocycles. The van der Waals surface area contributed by atoms with Gasteiger partial charge in [0.2, 0.25) is 17.8 Å². The molecule has 9 heteroatoms. The summed E-state index contributed by atoms with van der Waals surface area (Å²) in [6.07, 6.45) is 6.95. The number of anilines is 4. The van der Waals surface area contributed by atoms with Gasteiger partial charge >= 0.3 is 0 Å². The van der Waals surface area contributed by atoms with E-state index in [4.69, 9.17) is 17.3 Å². The van der Waals surface area contributed by atoms with E-state index < -0.39 is 0 Å². The second kappa shape index (κ2) is 11.8. The van der Waals surface area contributed by atoms with E-state index in [1.165, 1.54) is 31.5 Å². The Morgan fingerprint density at radius 1 is 1.23 bits per heavy atom. The summed E-state index contributed by atoms with van der Waals surface area (Å²) in [5.74, 6) is 0.469. The lowest BCUT2D eigenvalue weighted by molar-refractivity contribution is -0.131. The second-order valence-corrected chi connectivity index (χ2v) is 6.99. The van der Waals surface area contributed by atoms with Gasteiger partial charge in [0, 0.05) is 19.5 Å². The fraction of sp³-hybridized carbons (Fsp3) is 0.333. The number of rotatable bonds is 5. The van der Waals surface area contributed by atoms with Crippen molar-refractivity contribution < 1.29 is 9.59 Å². The van der Waals surface area contributed by atoms with Crippen LogP contribution in [0.5, 0.6) is 0 Å². The number of para-hydroxylation sites is 2. The third kappa shape index (κ3) is 7.04. The molecule has 0 radical (unpaired) electrons. The number of carbonyl (C=O) groups excluding carboxylic acids is 2. The largest absolute Gasteiger partial charge is 0.368 e. The third-order valence-electron chi connectivity index (χ3n) is 4.40. The first-order valence-corrected chi connectivity index (χ1v) is 10.2. The van der Waals surface area contributed by atoms with Crippen LogP contribution in [0.1, 0.15) is 32.6 Å². The van der Waals surface area contributed by atoms with Crippen molar-refractivity contribution in [3.63, 3.8) is 0 Å². The molecule has 0 unspecified atom stereocenters. The quantitative estimate of drug-likeness (QED) is 0.618. The number of piperidine rings is 1. The average Bonchev–Trinajstić information content (AvgIpc) is 2.78. The molecule has 0 atom stereocenters. The predicted octanol–water partition coefficient (Wildman–Crippen LogP) is 3.99. The lowest BCUT2D eigenvalue weighted by Gasteiger charge is -2.26. The van der Waals surface area contributed by atoms with Gasteiger partial charge in [-0.2, -0.15) is 4.98 Å². The molecule has 0 spiro atoms. The summed E-state index contributed by atoms with van der Waals surface area (Å²) < 4.78 is 0. The number of likely N-dealkylation sites (tertiary alicyclic amines) is 1. The number of aromatic nitrogens is 2. The van der Waals surface area contributed by atoms with Gasteiger partial charge < -0.3 is 21.3 Å². The maximum Gasteiger partial charge on any atom is 0.247 e. The van der Waals surface area contributed by atoms with Gasteiger partial charge in [-0.15, -0.1) is 0 Å². The molecule has 1 aromatic carbocycles. The van der Waals surface area contributed by atoms with Crippen LogP contribution in [-0.2, 0) is 9.59 Å². The van der Waals surface area contributed by atoms with Crippen LogP contribution >= 0.6 is 11.6 Å². The Bertz CT molecular complexity index is 884. The van der Waals surface area contributed by atoms with Crippen molar-refractivity contribution in [3.8, 4) is 0 Å². The highest BCUT2D eigenvalue weighted by atomic mass is 35.5. The molecule has 0 saturated carbocycles. The summed E-state index contributed by atoms with van der Waals surface area (Å²) in [6.45, 7) is 7.32. The van der Waals surface area contributed by atoms with Crippen LogP contribution in [0.15, 0.2) is 43.1 Å². The minimum absolute atomic E-state index is 0.101. The normalized spacial score (nSPS) is 12.9. The Balaban J connectivity index is 0.000000269. The zero-order valence-corrected chi connectivity index (χ0v) is 17.8. The number of nitrogens with two attached hydrogens (primary N) is 1. The molecular formula is C21H27ClN6O2. The summed E-state index contributed by atoms with van der Waals surface area (Å²) in [5.41, 5.74) is 6.72. The van der Waals surface area contributed by atoms with Gasteiger partial charge in [-0.1, -0.05) is 37.2 Å². The molecule has 0 bridgehead atoms. The van der Waals surface area contributed by atoms with E-state index in [0.29, 0.717) is 34.5 Å². The van der Waals surface area contributed by atoms with E-state index in [1.807, 2.05) is 17.9 Å². The number of nitrogens with zero attached hydrogens (tertiary/aromatic N) is 3. The van der Waals surface area contributed by atoms with Crippen molar-refractivity contribution in [1.29, 1.82) is 0 Å². The highest BCUT2D eigenvalue weighted by molar-refractivity contribution is 6.33. The summed E-state index contributed by atoms with van der Waals surface area (Å²) in [6, 6.07) is 7.11. The zero-order valence-electron chi connectivity index (χ0n) is 17.0. The van der Waals surface area contributed by atoms with Crippen molar-refractivity contribution in [2.24, 2.45) is 0 Å². The number of nitrogen functional groups attached to an aromatic ring is 1. The van der Waals surface area contributed by atoms with Gasteiger partial charge in [-0.3, -0.25) is 9.59 Å². The van der Waals surface area contributed by atoms with Crippen LogP contribution in [0.25, 0.3) is 0 Å². The Hall–Kier alpha value is -3.13. The topological polar surface area (TPSA) is 113 Å². The highest BCUT2D eigenvalue weighted by Crippen LogP contribution is 2.28. The van der Waals surface area contributed by atoms with Gasteiger partial charge in [0.1, 0.15) is 5.02 Å². The molecule has 0 aliphatic carbocycles. The molecular weight excluding hydrogens is 404 g/mol. The van der Waals surface area contributed by atoms with Crippen molar-refractivity contribution >= 4 is 46.6 Å². The van der Waals surface area contributed by atoms with Crippen LogP contribution in [0, 0.1) is 0 Å². The van der Waals surface area contributed by atoms with E-state index in [0.717, 1.165) is 13.1 Å². The van der Waals surface area contributed by atoms with E-state index in [1.54, 1.807) is 18.2 Å². The van der Waals surface area contributed by atoms with Crippen LogP contribution in [-0.4, -0.2) is 39.8 Å². The summed E-state index contributed by atoms with van der Waals surface area (Å²) >= 11 is 5.98. The zero-order chi connectivity index (χ0) is 21.9. The predicted molar refractivity (Wildman–Crippen MR) is 121 cm³/mol. The number of carbonyl (C=O) groups is 2. The Labute approximate surface area is 181 Å². The fourth-order valence-electron chi connectivity index (χ4n) is 2.85. The van der Waals surface area contributed by atoms with Crippen molar-refractivity contribution in [3.05, 3.63) is 48.1 Å². The maximum atomic E-state index is 11.4. The first-order chi connectivity index (χ1) is 14.4. The van der Waals surface area contributed by atoms with Crippen LogP contribution in [0.4, 0.5) is 23.1 Å². The minimum atomic E-state index is -0.312. The maximum absolute atomic E-state index is 11.4. The smallest absolute Gasteiger partial charge is 0.247 e. The first-order valence-electron chi connectivity index (χ1n) is 9.79. The summed E-state index contributed by atoms with van der Waals surface area (Å²) in [7, 11) is 0. The number of nitrogens with one attached hydrogen (secondary N) is 2. The highest BCUT2D eigenvalue weighted by Gasteiger charge is 2.13. The van der Waals surface area contributed by atoms with E-state index >= 15 is 0 Å². The van der Waals surface area contributed by atoms with Crippen molar-refractivity contribution in [2.75, 3.05) is 29.5 Å². The first kappa shape index (κ1) is 23.2. The molecule has 2 amide bonds. The summed E-state index contributed by atoms with van der Waals surface area (Å²) in [4.78, 5) is 32.2. The Kier molecular flexibility index (Phi) is 9.08. The lowest BCUT2D eigenvalue weighted by Crippen LogP contribution is -2.34. The van der Waals surface area contributed by atoms with Gasteiger partial charge in [0.25, 0.3) is 0 Å². The van der Waals surface area contributed by atoms with Gasteiger partial charge in [-0.25, -0.2) is 4.98 Å². The van der Waals surface area contributed by atoms with Crippen LogP contribution < -0.4 is 16.4 Å². The molecule has 8 nitrogen and oxygen atoms in total. The van der Waals surface area contributed by atoms with Crippen molar-refractivity contribution in [2.45, 2.75) is 32.6 Å². The van der Waals surface area contributed by atoms with Crippen LogP contribution in [0.3, 0.4) is 0 Å². The average molecular weight is 431 g/mol. The molecule has 2 aromatic rings. The molecule has 1 aliphatic heterocycles. The fourth-order valence-corrected chi connectivity index (χ4v) is 2.99. The molecule has 2 heterocycles. The van der Waals surface area contributed by atoms with Gasteiger partial charge in [-0.05, 0) is 37.5 Å². The number of hydrogen-bond donors (Lipinski definition) is 3. The number of halogens is 1. The van der Waals surface area contributed by atoms with Gasteiger partial charge in [0.05, 0.1) is 17.6 Å². The molecule has 1 saturated heterocycles. The standard InChI is InChI=1S/C13H12ClN5O.C8H15NO/c1-2-11(20)17-9-5-3-4-6-10(9)18-12-8(14)7-16-13(15)19-12;1-2-8(10)9-6-4-3-5-7-9/h2-7H,1H2,(H,17,20)(H3,15,16,18,19);2-7H2,1H3. The Morgan fingerprint density at radius 2 is 1.90 bits per heavy atom. The number of benzene rings is 1. The summed E-state index contributed by atoms with van der Waals surface area (Å²) in [5, 5.41) is 6.00. The van der Waals surface area contributed by atoms with E-state index in [2.05, 4.69) is 27.2 Å². The Morgan fingerprint density at radius 3 is 2.53 bits per heavy atom. The minimum Gasteiger partial charge on any atom is -0.368 e. The molecule has 3 rings (SSSR count). The molecule has 1 fully saturated rings. The van der Waals surface area contributed by atoms with Crippen LogP contribution in [0.2, 0.25) is 5.02 Å². The monoisotopic (exact) mass is 430 g/mol.